The average Bonchev–Trinajstić information content (AvgIpc) is 2.70. The zero-order chi connectivity index (χ0) is 16.2. The fraction of sp³-hybridized carbons (Fsp3) is 0.500. The summed E-state index contributed by atoms with van der Waals surface area (Å²) in [6.07, 6.45) is 0. The lowest BCUT2D eigenvalue weighted by molar-refractivity contribution is 0.0943. The summed E-state index contributed by atoms with van der Waals surface area (Å²) in [4.78, 5) is 12.2. The Bertz CT molecular complexity index is 697. The van der Waals surface area contributed by atoms with E-state index in [9.17, 15) is 13.2 Å². The number of carbonyl (C=O) groups is 1. The molecule has 1 aliphatic rings. The molecule has 2 rings (SSSR count). The summed E-state index contributed by atoms with van der Waals surface area (Å²) in [6, 6.07) is 3.83. The number of nitrogens with one attached hydrogen (secondary N) is 1. The van der Waals surface area contributed by atoms with Crippen molar-refractivity contribution in [1.29, 1.82) is 0 Å². The Balaban J connectivity index is 2.29. The molecule has 0 aromatic heterocycles. The third kappa shape index (κ3) is 2.79. The van der Waals surface area contributed by atoms with E-state index in [-0.39, 0.29) is 32.4 Å². The van der Waals surface area contributed by atoms with E-state index in [1.807, 2.05) is 0 Å². The molecule has 4 nitrogen and oxygen atoms in total. The Morgan fingerprint density at radius 2 is 1.71 bits per heavy atom. The lowest BCUT2D eigenvalue weighted by atomic mass is 10.0. The molecule has 21 heavy (non-hydrogen) atoms. The second kappa shape index (κ2) is 4.86. The van der Waals surface area contributed by atoms with E-state index in [0.717, 1.165) is 0 Å². The minimum absolute atomic E-state index is 0.00447. The van der Waals surface area contributed by atoms with Crippen LogP contribution in [-0.2, 0) is 9.05 Å². The van der Waals surface area contributed by atoms with Crippen LogP contribution in [0.15, 0.2) is 23.1 Å². The SMILES string of the molecule is CC1(C)C(NC(=O)c2cc(S(=O)(=O)Cl)ccc2Cl)C1(C)C. The van der Waals surface area contributed by atoms with Gasteiger partial charge in [0.25, 0.3) is 15.0 Å². The van der Waals surface area contributed by atoms with Crippen LogP contribution in [0, 0.1) is 10.8 Å². The van der Waals surface area contributed by atoms with E-state index in [4.69, 9.17) is 22.3 Å². The van der Waals surface area contributed by atoms with Crippen molar-refractivity contribution in [1.82, 2.24) is 5.32 Å². The highest BCUT2D eigenvalue weighted by Crippen LogP contribution is 2.62. The van der Waals surface area contributed by atoms with Gasteiger partial charge in [-0.3, -0.25) is 4.79 Å². The Hall–Kier alpha value is -0.780. The van der Waals surface area contributed by atoms with Crippen molar-refractivity contribution in [3.05, 3.63) is 28.8 Å². The second-order valence-corrected chi connectivity index (χ2v) is 9.40. The third-order valence-electron chi connectivity index (χ3n) is 4.76. The van der Waals surface area contributed by atoms with Crippen LogP contribution in [0.1, 0.15) is 38.1 Å². The molecule has 0 aliphatic heterocycles. The summed E-state index contributed by atoms with van der Waals surface area (Å²) in [5.74, 6) is -0.397. The van der Waals surface area contributed by atoms with Gasteiger partial charge in [-0.15, -0.1) is 0 Å². The number of amides is 1. The van der Waals surface area contributed by atoms with Crippen LogP contribution in [0.25, 0.3) is 0 Å². The van der Waals surface area contributed by atoms with Crippen LogP contribution in [0.2, 0.25) is 5.02 Å². The van der Waals surface area contributed by atoms with Crippen LogP contribution < -0.4 is 5.32 Å². The Kier molecular flexibility index (Phi) is 3.84. The molecule has 116 valence electrons. The summed E-state index contributed by atoms with van der Waals surface area (Å²) in [6.45, 7) is 8.27. The first-order chi connectivity index (χ1) is 9.39. The van der Waals surface area contributed by atoms with Crippen molar-refractivity contribution >= 4 is 37.2 Å². The van der Waals surface area contributed by atoms with Gasteiger partial charge in [-0.05, 0) is 29.0 Å². The second-order valence-electron chi connectivity index (χ2n) is 6.43. The number of carbonyl (C=O) groups excluding carboxylic acids is 1. The van der Waals surface area contributed by atoms with Crippen LogP contribution in [0.3, 0.4) is 0 Å². The Morgan fingerprint density at radius 3 is 2.14 bits per heavy atom. The molecule has 0 heterocycles. The number of hydrogen-bond donors (Lipinski definition) is 1. The van der Waals surface area contributed by atoms with Gasteiger partial charge >= 0.3 is 0 Å². The molecule has 0 unspecified atom stereocenters. The van der Waals surface area contributed by atoms with Gasteiger partial charge in [0.15, 0.2) is 0 Å². The maximum Gasteiger partial charge on any atom is 0.261 e. The number of rotatable bonds is 3. The molecule has 1 saturated carbocycles. The first-order valence-corrected chi connectivity index (χ1v) is 9.13. The largest absolute Gasteiger partial charge is 0.348 e. The minimum Gasteiger partial charge on any atom is -0.348 e. The molecule has 1 fully saturated rings. The molecule has 1 aromatic carbocycles. The van der Waals surface area contributed by atoms with Gasteiger partial charge in [0.05, 0.1) is 15.5 Å². The fourth-order valence-corrected chi connectivity index (χ4v) is 3.58. The van der Waals surface area contributed by atoms with Gasteiger partial charge < -0.3 is 5.32 Å². The summed E-state index contributed by atoms with van der Waals surface area (Å²) in [5.41, 5.74) is 0.0632. The first kappa shape index (κ1) is 16.6. The summed E-state index contributed by atoms with van der Waals surface area (Å²) in [7, 11) is 1.39. The number of hydrogen-bond acceptors (Lipinski definition) is 3. The summed E-state index contributed by atoms with van der Waals surface area (Å²) < 4.78 is 22.7. The zero-order valence-electron chi connectivity index (χ0n) is 12.2. The molecule has 0 atom stereocenters. The topological polar surface area (TPSA) is 63.2 Å². The van der Waals surface area contributed by atoms with Gasteiger partial charge in [0, 0.05) is 16.7 Å². The van der Waals surface area contributed by atoms with Crippen molar-refractivity contribution < 1.29 is 13.2 Å². The molecule has 0 spiro atoms. The minimum atomic E-state index is -3.90. The molecular formula is C14H17Cl2NO3S. The van der Waals surface area contributed by atoms with E-state index in [2.05, 4.69) is 33.0 Å². The molecule has 1 aromatic rings. The van der Waals surface area contributed by atoms with E-state index in [1.54, 1.807) is 0 Å². The normalized spacial score (nSPS) is 20.1. The van der Waals surface area contributed by atoms with Gasteiger partial charge in [-0.1, -0.05) is 39.3 Å². The number of halogens is 2. The van der Waals surface area contributed by atoms with Crippen molar-refractivity contribution in [2.45, 2.75) is 38.6 Å². The molecule has 1 amide bonds. The summed E-state index contributed by atoms with van der Waals surface area (Å²) in [5, 5.41) is 3.10. The Labute approximate surface area is 134 Å². The average molecular weight is 350 g/mol. The fourth-order valence-electron chi connectivity index (χ4n) is 2.60. The van der Waals surface area contributed by atoms with Gasteiger partial charge in [0.1, 0.15) is 0 Å². The molecular weight excluding hydrogens is 333 g/mol. The smallest absolute Gasteiger partial charge is 0.261 e. The quantitative estimate of drug-likeness (QED) is 0.850. The van der Waals surface area contributed by atoms with E-state index >= 15 is 0 Å². The van der Waals surface area contributed by atoms with Gasteiger partial charge in [0.2, 0.25) is 0 Å². The van der Waals surface area contributed by atoms with Gasteiger partial charge in [-0.25, -0.2) is 8.42 Å². The van der Waals surface area contributed by atoms with Crippen LogP contribution in [0.4, 0.5) is 0 Å². The molecule has 1 aliphatic carbocycles. The predicted molar refractivity (Wildman–Crippen MR) is 83.3 cm³/mol. The van der Waals surface area contributed by atoms with Crippen molar-refractivity contribution in [3.8, 4) is 0 Å². The molecule has 1 N–H and O–H groups in total. The lowest BCUT2D eigenvalue weighted by Crippen LogP contribution is -2.30. The lowest BCUT2D eigenvalue weighted by Gasteiger charge is -2.09. The maximum absolute atomic E-state index is 12.3. The molecule has 0 radical (unpaired) electrons. The molecule has 0 bridgehead atoms. The Morgan fingerprint density at radius 1 is 1.19 bits per heavy atom. The van der Waals surface area contributed by atoms with E-state index in [1.165, 1.54) is 18.2 Å². The summed E-state index contributed by atoms with van der Waals surface area (Å²) >= 11 is 5.99. The molecule has 7 heteroatoms. The highest BCUT2D eigenvalue weighted by atomic mass is 35.7. The van der Waals surface area contributed by atoms with Crippen molar-refractivity contribution in [2.24, 2.45) is 10.8 Å². The third-order valence-corrected chi connectivity index (χ3v) is 6.44. The van der Waals surface area contributed by atoms with E-state index in [0.29, 0.717) is 0 Å². The van der Waals surface area contributed by atoms with Crippen molar-refractivity contribution in [2.75, 3.05) is 0 Å². The van der Waals surface area contributed by atoms with Crippen LogP contribution in [-0.4, -0.2) is 20.4 Å². The number of benzene rings is 1. The van der Waals surface area contributed by atoms with Crippen molar-refractivity contribution in [3.63, 3.8) is 0 Å². The highest BCUT2D eigenvalue weighted by Gasteiger charge is 2.65. The molecule has 0 saturated heterocycles. The van der Waals surface area contributed by atoms with Crippen LogP contribution >= 0.6 is 22.3 Å². The monoisotopic (exact) mass is 349 g/mol. The standard InChI is InChI=1S/C14H17Cl2NO3S/c1-13(2)12(14(13,3)4)17-11(18)9-7-8(21(16,19)20)5-6-10(9)15/h5-7,12H,1-4H3,(H,17,18). The first-order valence-electron chi connectivity index (χ1n) is 6.44. The van der Waals surface area contributed by atoms with Gasteiger partial charge in [-0.2, -0.15) is 0 Å². The van der Waals surface area contributed by atoms with Crippen LogP contribution in [0.5, 0.6) is 0 Å². The zero-order valence-corrected chi connectivity index (χ0v) is 14.5. The van der Waals surface area contributed by atoms with E-state index < -0.39 is 15.0 Å². The maximum atomic E-state index is 12.3. The predicted octanol–water partition coefficient (Wildman–Crippen LogP) is 3.43. The highest BCUT2D eigenvalue weighted by molar-refractivity contribution is 8.13.